The normalized spacial score (nSPS) is 18.8. The van der Waals surface area contributed by atoms with Gasteiger partial charge in [0.25, 0.3) is 0 Å². The molecule has 1 heterocycles. The number of aliphatic imine (C=N–C) groups is 1. The van der Waals surface area contributed by atoms with E-state index in [0.717, 1.165) is 50.3 Å². The lowest BCUT2D eigenvalue weighted by Gasteiger charge is -2.18. The van der Waals surface area contributed by atoms with Crippen LogP contribution in [0.4, 0.5) is 0 Å². The van der Waals surface area contributed by atoms with Gasteiger partial charge in [-0.2, -0.15) is 0 Å². The highest BCUT2D eigenvalue weighted by Crippen LogP contribution is 2.30. The number of benzene rings is 2. The summed E-state index contributed by atoms with van der Waals surface area (Å²) in [5.74, 6) is 3.28. The van der Waals surface area contributed by atoms with Crippen LogP contribution in [-0.2, 0) is 13.0 Å². The molecule has 1 atom stereocenters. The molecule has 4 rings (SSSR count). The van der Waals surface area contributed by atoms with Gasteiger partial charge in [0.05, 0.1) is 6.61 Å². The van der Waals surface area contributed by atoms with Gasteiger partial charge in [-0.1, -0.05) is 48.5 Å². The predicted octanol–water partition coefficient (Wildman–Crippen LogP) is 4.32. The van der Waals surface area contributed by atoms with Crippen molar-refractivity contribution in [1.29, 1.82) is 0 Å². The molecule has 1 aliphatic carbocycles. The zero-order valence-electron chi connectivity index (χ0n) is 19.1. The number of para-hydroxylation sites is 1. The van der Waals surface area contributed by atoms with E-state index < -0.39 is 0 Å². The Kier molecular flexibility index (Phi) is 10.1. The molecule has 5 nitrogen and oxygen atoms in total. The Balaban J connectivity index is 0.00000289. The average molecular weight is 549 g/mol. The number of rotatable bonds is 10. The molecule has 0 amide bonds. The first-order valence-corrected chi connectivity index (χ1v) is 11.7. The van der Waals surface area contributed by atoms with Crippen LogP contribution in [0.25, 0.3) is 0 Å². The molecule has 1 saturated carbocycles. The minimum absolute atomic E-state index is 0. The first-order valence-electron chi connectivity index (χ1n) is 11.7. The average Bonchev–Trinajstić information content (AvgIpc) is 3.54. The molecule has 2 aliphatic rings. The van der Waals surface area contributed by atoms with Gasteiger partial charge in [0.1, 0.15) is 5.75 Å². The van der Waals surface area contributed by atoms with Crippen molar-refractivity contribution < 1.29 is 4.74 Å². The third kappa shape index (κ3) is 7.96. The van der Waals surface area contributed by atoms with Gasteiger partial charge in [-0.15, -0.1) is 24.0 Å². The van der Waals surface area contributed by atoms with E-state index in [1.54, 1.807) is 0 Å². The molecular weight excluding hydrogens is 511 g/mol. The number of nitrogens with one attached hydrogen (secondary N) is 2. The van der Waals surface area contributed by atoms with Crippen LogP contribution in [0.1, 0.15) is 30.4 Å². The van der Waals surface area contributed by atoms with Crippen LogP contribution in [0.15, 0.2) is 59.6 Å². The van der Waals surface area contributed by atoms with Crippen molar-refractivity contribution in [3.8, 4) is 5.75 Å². The molecule has 2 N–H and O–H groups in total. The summed E-state index contributed by atoms with van der Waals surface area (Å²) in [7, 11) is 1.84. The summed E-state index contributed by atoms with van der Waals surface area (Å²) in [4.78, 5) is 7.00. The van der Waals surface area contributed by atoms with Crippen LogP contribution in [0.3, 0.4) is 0 Å². The van der Waals surface area contributed by atoms with Gasteiger partial charge in [-0.05, 0) is 55.7 Å². The fourth-order valence-electron chi connectivity index (χ4n) is 4.14. The van der Waals surface area contributed by atoms with E-state index >= 15 is 0 Å². The molecule has 1 aliphatic heterocycles. The highest BCUT2D eigenvalue weighted by Gasteiger charge is 2.23. The standard InChI is InChI=1S/C26H36N4O.HI/c1-27-26(29-18-24-9-5-6-10-25(24)31-20-22-11-12-22)28-17-23-14-16-30(19-23)15-13-21-7-3-2-4-8-21;/h2-10,22-23H,11-20H2,1H3,(H2,27,28,29);1H. The molecule has 2 aromatic carbocycles. The van der Waals surface area contributed by atoms with E-state index in [0.29, 0.717) is 12.5 Å². The maximum atomic E-state index is 6.03. The SMILES string of the molecule is CN=C(NCc1ccccc1OCC1CC1)NCC1CCN(CCc2ccccc2)C1.I. The third-order valence-electron chi connectivity index (χ3n) is 6.30. The van der Waals surface area contributed by atoms with Gasteiger partial charge in [0.15, 0.2) is 5.96 Å². The number of nitrogens with zero attached hydrogens (tertiary/aromatic N) is 2. The van der Waals surface area contributed by atoms with E-state index in [1.807, 2.05) is 13.1 Å². The summed E-state index contributed by atoms with van der Waals surface area (Å²) in [5.41, 5.74) is 2.61. The second-order valence-corrected chi connectivity index (χ2v) is 8.86. The van der Waals surface area contributed by atoms with Gasteiger partial charge >= 0.3 is 0 Å². The van der Waals surface area contributed by atoms with E-state index in [9.17, 15) is 0 Å². The van der Waals surface area contributed by atoms with Gasteiger partial charge in [-0.25, -0.2) is 0 Å². The lowest BCUT2D eigenvalue weighted by atomic mass is 10.1. The van der Waals surface area contributed by atoms with Crippen molar-refractivity contribution >= 4 is 29.9 Å². The summed E-state index contributed by atoms with van der Waals surface area (Å²) in [6, 6.07) is 19.1. The minimum Gasteiger partial charge on any atom is -0.493 e. The molecule has 1 unspecified atom stereocenters. The summed E-state index contributed by atoms with van der Waals surface area (Å²) >= 11 is 0. The predicted molar refractivity (Wildman–Crippen MR) is 143 cm³/mol. The van der Waals surface area contributed by atoms with Crippen molar-refractivity contribution in [1.82, 2.24) is 15.5 Å². The summed E-state index contributed by atoms with van der Waals surface area (Å²) in [5, 5.41) is 6.98. The smallest absolute Gasteiger partial charge is 0.191 e. The number of likely N-dealkylation sites (tertiary alicyclic amines) is 1. The second kappa shape index (κ2) is 13.0. The Morgan fingerprint density at radius 2 is 1.78 bits per heavy atom. The fourth-order valence-corrected chi connectivity index (χ4v) is 4.14. The van der Waals surface area contributed by atoms with E-state index in [4.69, 9.17) is 4.74 Å². The van der Waals surface area contributed by atoms with E-state index in [1.165, 1.54) is 36.9 Å². The Morgan fingerprint density at radius 1 is 1.00 bits per heavy atom. The number of ether oxygens (including phenoxy) is 1. The molecule has 1 saturated heterocycles. The van der Waals surface area contributed by atoms with Crippen LogP contribution < -0.4 is 15.4 Å². The second-order valence-electron chi connectivity index (χ2n) is 8.86. The third-order valence-corrected chi connectivity index (χ3v) is 6.30. The van der Waals surface area contributed by atoms with Crippen molar-refractivity contribution in [3.63, 3.8) is 0 Å². The Bertz CT molecular complexity index is 841. The summed E-state index contributed by atoms with van der Waals surface area (Å²) in [6.07, 6.45) is 4.99. The lowest BCUT2D eigenvalue weighted by Crippen LogP contribution is -2.40. The Morgan fingerprint density at radius 3 is 2.56 bits per heavy atom. The van der Waals surface area contributed by atoms with Crippen molar-refractivity contribution in [3.05, 3.63) is 65.7 Å². The number of hydrogen-bond donors (Lipinski definition) is 2. The molecule has 6 heteroatoms. The number of guanidine groups is 1. The molecule has 0 spiro atoms. The first-order chi connectivity index (χ1) is 15.3. The highest BCUT2D eigenvalue weighted by molar-refractivity contribution is 14.0. The van der Waals surface area contributed by atoms with Crippen molar-refractivity contribution in [2.45, 2.75) is 32.2 Å². The van der Waals surface area contributed by atoms with Crippen LogP contribution >= 0.6 is 24.0 Å². The minimum atomic E-state index is 0. The molecule has 2 aromatic rings. The molecule has 0 bridgehead atoms. The molecule has 2 fully saturated rings. The quantitative estimate of drug-likeness (QED) is 0.264. The number of halogens is 1. The van der Waals surface area contributed by atoms with Crippen LogP contribution in [0.2, 0.25) is 0 Å². The maximum Gasteiger partial charge on any atom is 0.191 e. The summed E-state index contributed by atoms with van der Waals surface area (Å²) in [6.45, 7) is 6.01. The molecule has 0 radical (unpaired) electrons. The van der Waals surface area contributed by atoms with E-state index in [-0.39, 0.29) is 24.0 Å². The number of hydrogen-bond acceptors (Lipinski definition) is 3. The highest BCUT2D eigenvalue weighted by atomic mass is 127. The maximum absolute atomic E-state index is 6.03. The van der Waals surface area contributed by atoms with Gasteiger partial charge in [0.2, 0.25) is 0 Å². The molecule has 0 aromatic heterocycles. The van der Waals surface area contributed by atoms with Crippen molar-refractivity contribution in [2.24, 2.45) is 16.8 Å². The Hall–Kier alpha value is -1.80. The zero-order valence-corrected chi connectivity index (χ0v) is 21.5. The molecule has 174 valence electrons. The first kappa shape index (κ1) is 24.8. The topological polar surface area (TPSA) is 48.9 Å². The monoisotopic (exact) mass is 548 g/mol. The van der Waals surface area contributed by atoms with Crippen LogP contribution in [0.5, 0.6) is 5.75 Å². The largest absolute Gasteiger partial charge is 0.493 e. The van der Waals surface area contributed by atoms with Gasteiger partial charge in [-0.3, -0.25) is 4.99 Å². The lowest BCUT2D eigenvalue weighted by molar-refractivity contribution is 0.296. The summed E-state index contributed by atoms with van der Waals surface area (Å²) < 4.78 is 6.03. The van der Waals surface area contributed by atoms with Crippen molar-refractivity contribution in [2.75, 3.05) is 39.8 Å². The van der Waals surface area contributed by atoms with Crippen LogP contribution in [0, 0.1) is 11.8 Å². The van der Waals surface area contributed by atoms with E-state index in [2.05, 4.69) is 69.1 Å². The Labute approximate surface area is 210 Å². The fraction of sp³-hybridized carbons (Fsp3) is 0.500. The zero-order chi connectivity index (χ0) is 21.3. The van der Waals surface area contributed by atoms with Gasteiger partial charge in [0, 0.05) is 38.8 Å². The van der Waals surface area contributed by atoms with Crippen LogP contribution in [-0.4, -0.2) is 50.7 Å². The van der Waals surface area contributed by atoms with Gasteiger partial charge < -0.3 is 20.3 Å². The molecule has 32 heavy (non-hydrogen) atoms. The molecular formula is C26H37IN4O.